The minimum absolute atomic E-state index is 0.0346. The van der Waals surface area contributed by atoms with Gasteiger partial charge in [-0.2, -0.15) is 0 Å². The second-order valence-electron chi connectivity index (χ2n) is 5.69. The molecule has 19 heavy (non-hydrogen) atoms. The van der Waals surface area contributed by atoms with Crippen molar-refractivity contribution in [1.82, 2.24) is 5.32 Å². The molecule has 1 saturated carbocycles. The summed E-state index contributed by atoms with van der Waals surface area (Å²) in [5, 5.41) is 3.69. The van der Waals surface area contributed by atoms with Crippen molar-refractivity contribution in [2.45, 2.75) is 70.4 Å². The summed E-state index contributed by atoms with van der Waals surface area (Å²) in [5.41, 5.74) is -0.0346. The Bertz CT molecular complexity index is 295. The van der Waals surface area contributed by atoms with Crippen LogP contribution in [-0.2, 0) is 9.47 Å². The number of hydrogen-bond acceptors (Lipinski definition) is 3. The number of rotatable bonds is 7. The van der Waals surface area contributed by atoms with Crippen molar-refractivity contribution in [3.8, 4) is 0 Å². The van der Waals surface area contributed by atoms with Gasteiger partial charge >= 0.3 is 0 Å². The Morgan fingerprint density at radius 2 is 2.11 bits per heavy atom. The van der Waals surface area contributed by atoms with Gasteiger partial charge in [-0.25, -0.2) is 0 Å². The lowest BCUT2D eigenvalue weighted by atomic mass is 9.89. The molecule has 2 aliphatic rings. The summed E-state index contributed by atoms with van der Waals surface area (Å²) in [6.07, 6.45) is 10.6. The van der Waals surface area contributed by atoms with Crippen molar-refractivity contribution in [2.75, 3.05) is 19.8 Å². The third-order valence-electron chi connectivity index (χ3n) is 4.25. The average molecular weight is 267 g/mol. The van der Waals surface area contributed by atoms with Crippen LogP contribution >= 0.6 is 0 Å². The Kier molecular flexibility index (Phi) is 5.71. The summed E-state index contributed by atoms with van der Waals surface area (Å²) in [6.45, 7) is 6.99. The van der Waals surface area contributed by atoms with Crippen molar-refractivity contribution in [3.05, 3.63) is 11.8 Å². The first kappa shape index (κ1) is 14.9. The van der Waals surface area contributed by atoms with Crippen molar-refractivity contribution < 1.29 is 9.47 Å². The molecule has 1 atom stereocenters. The molecule has 0 aromatic rings. The molecule has 1 fully saturated rings. The molecular weight excluding hydrogens is 238 g/mol. The predicted octanol–water partition coefficient (Wildman–Crippen LogP) is 3.40. The highest BCUT2D eigenvalue weighted by atomic mass is 16.5. The van der Waals surface area contributed by atoms with Crippen LogP contribution in [0.4, 0.5) is 0 Å². The number of nitrogens with one attached hydrogen (secondary N) is 1. The van der Waals surface area contributed by atoms with Gasteiger partial charge in [0.15, 0.2) is 0 Å². The molecule has 1 aliphatic heterocycles. The van der Waals surface area contributed by atoms with Gasteiger partial charge in [0.25, 0.3) is 0 Å². The fourth-order valence-corrected chi connectivity index (χ4v) is 3.39. The minimum atomic E-state index is -0.0346. The molecule has 3 nitrogen and oxygen atoms in total. The van der Waals surface area contributed by atoms with E-state index in [0.29, 0.717) is 0 Å². The zero-order valence-electron chi connectivity index (χ0n) is 12.5. The molecule has 0 radical (unpaired) electrons. The van der Waals surface area contributed by atoms with E-state index in [4.69, 9.17) is 9.47 Å². The van der Waals surface area contributed by atoms with Gasteiger partial charge in [0.2, 0.25) is 0 Å². The van der Waals surface area contributed by atoms with Gasteiger partial charge in [-0.15, -0.1) is 0 Å². The van der Waals surface area contributed by atoms with E-state index in [2.05, 4.69) is 25.2 Å². The summed E-state index contributed by atoms with van der Waals surface area (Å²) < 4.78 is 12.2. The molecule has 3 heteroatoms. The van der Waals surface area contributed by atoms with Gasteiger partial charge in [0, 0.05) is 6.61 Å². The zero-order chi connectivity index (χ0) is 13.6. The molecule has 110 valence electrons. The Morgan fingerprint density at radius 3 is 2.68 bits per heavy atom. The van der Waals surface area contributed by atoms with Gasteiger partial charge < -0.3 is 14.8 Å². The number of hydrogen-bond donors (Lipinski definition) is 1. The molecule has 0 bridgehead atoms. The molecule has 0 aromatic carbocycles. The molecule has 1 N–H and O–H groups in total. The van der Waals surface area contributed by atoms with Crippen LogP contribution in [0.3, 0.4) is 0 Å². The topological polar surface area (TPSA) is 30.5 Å². The van der Waals surface area contributed by atoms with Crippen LogP contribution in [0.1, 0.15) is 58.8 Å². The smallest absolute Gasteiger partial charge is 0.112 e. The van der Waals surface area contributed by atoms with Crippen LogP contribution in [0.25, 0.3) is 0 Å². The molecule has 0 saturated heterocycles. The normalized spacial score (nSPS) is 23.8. The zero-order valence-corrected chi connectivity index (χ0v) is 12.5. The molecule has 1 unspecified atom stereocenters. The Balaban J connectivity index is 2.16. The predicted molar refractivity (Wildman–Crippen MR) is 78.2 cm³/mol. The minimum Gasteiger partial charge on any atom is -0.496 e. The standard InChI is InChI=1S/C16H29NO2/c1-3-12-17-15(14-9-5-8-13-18-14)16(19-4-2)10-6-7-11-16/h9,15,17H,3-8,10-13H2,1-2H3. The summed E-state index contributed by atoms with van der Waals surface area (Å²) in [4.78, 5) is 0. The maximum atomic E-state index is 6.22. The molecule has 0 spiro atoms. The summed E-state index contributed by atoms with van der Waals surface area (Å²) in [5.74, 6) is 1.13. The Hall–Kier alpha value is -0.540. The summed E-state index contributed by atoms with van der Waals surface area (Å²) in [6, 6.07) is 0.246. The van der Waals surface area contributed by atoms with Gasteiger partial charge in [-0.3, -0.25) is 0 Å². The highest BCUT2D eigenvalue weighted by Gasteiger charge is 2.44. The molecule has 2 rings (SSSR count). The fraction of sp³-hybridized carbons (Fsp3) is 0.875. The van der Waals surface area contributed by atoms with E-state index in [-0.39, 0.29) is 11.6 Å². The van der Waals surface area contributed by atoms with E-state index < -0.39 is 0 Å². The fourth-order valence-electron chi connectivity index (χ4n) is 3.39. The molecular formula is C16H29NO2. The van der Waals surface area contributed by atoms with E-state index in [0.717, 1.165) is 57.6 Å². The summed E-state index contributed by atoms with van der Waals surface area (Å²) >= 11 is 0. The first-order chi connectivity index (χ1) is 9.32. The van der Waals surface area contributed by atoms with Gasteiger partial charge in [-0.05, 0) is 51.6 Å². The van der Waals surface area contributed by atoms with Crippen LogP contribution in [0, 0.1) is 0 Å². The molecule has 0 aromatic heterocycles. The quantitative estimate of drug-likeness (QED) is 0.767. The van der Waals surface area contributed by atoms with Crippen LogP contribution in [0.5, 0.6) is 0 Å². The highest BCUT2D eigenvalue weighted by Crippen LogP contribution is 2.39. The van der Waals surface area contributed by atoms with Crippen molar-refractivity contribution >= 4 is 0 Å². The maximum absolute atomic E-state index is 6.22. The third-order valence-corrected chi connectivity index (χ3v) is 4.25. The maximum Gasteiger partial charge on any atom is 0.112 e. The van der Waals surface area contributed by atoms with Crippen LogP contribution in [0.2, 0.25) is 0 Å². The van der Waals surface area contributed by atoms with E-state index in [1.54, 1.807) is 0 Å². The lowest BCUT2D eigenvalue weighted by Gasteiger charge is -2.39. The molecule has 0 amide bonds. The second kappa shape index (κ2) is 7.30. The first-order valence-corrected chi connectivity index (χ1v) is 8.02. The van der Waals surface area contributed by atoms with Crippen molar-refractivity contribution in [1.29, 1.82) is 0 Å². The van der Waals surface area contributed by atoms with Gasteiger partial charge in [0.1, 0.15) is 5.76 Å². The largest absolute Gasteiger partial charge is 0.496 e. The van der Waals surface area contributed by atoms with Gasteiger partial charge in [0.05, 0.1) is 18.2 Å². The highest BCUT2D eigenvalue weighted by molar-refractivity contribution is 5.15. The van der Waals surface area contributed by atoms with E-state index in [9.17, 15) is 0 Å². The lowest BCUT2D eigenvalue weighted by Crippen LogP contribution is -2.53. The van der Waals surface area contributed by atoms with Crippen molar-refractivity contribution in [3.63, 3.8) is 0 Å². The van der Waals surface area contributed by atoms with Crippen LogP contribution in [0.15, 0.2) is 11.8 Å². The molecule has 1 aliphatic carbocycles. The third kappa shape index (κ3) is 3.51. The lowest BCUT2D eigenvalue weighted by molar-refractivity contribution is -0.0653. The van der Waals surface area contributed by atoms with Gasteiger partial charge in [-0.1, -0.05) is 19.8 Å². The van der Waals surface area contributed by atoms with Crippen molar-refractivity contribution in [2.24, 2.45) is 0 Å². The SMILES string of the molecule is CCCNC(C1=CCCCO1)C1(OCC)CCCC1. The van der Waals surface area contributed by atoms with E-state index in [1.165, 1.54) is 12.8 Å². The van der Waals surface area contributed by atoms with Crippen LogP contribution in [-0.4, -0.2) is 31.4 Å². The van der Waals surface area contributed by atoms with E-state index >= 15 is 0 Å². The monoisotopic (exact) mass is 267 g/mol. The van der Waals surface area contributed by atoms with Crippen LogP contribution < -0.4 is 5.32 Å². The first-order valence-electron chi connectivity index (χ1n) is 8.02. The number of ether oxygens (including phenoxy) is 2. The number of allylic oxidation sites excluding steroid dienone is 1. The average Bonchev–Trinajstić information content (AvgIpc) is 2.90. The second-order valence-corrected chi connectivity index (χ2v) is 5.69. The Labute approximate surface area is 117 Å². The van der Waals surface area contributed by atoms with E-state index in [1.807, 2.05) is 0 Å². The Morgan fingerprint density at radius 1 is 1.32 bits per heavy atom. The summed E-state index contributed by atoms with van der Waals surface area (Å²) in [7, 11) is 0. The molecule has 1 heterocycles.